The molecule has 0 amide bonds. The van der Waals surface area contributed by atoms with Gasteiger partial charge in [0.2, 0.25) is 0 Å². The minimum absolute atomic E-state index is 0.215. The van der Waals surface area contributed by atoms with E-state index in [2.05, 4.69) is 0 Å². The van der Waals surface area contributed by atoms with Crippen molar-refractivity contribution in [3.63, 3.8) is 0 Å². The molecule has 4 saturated heterocycles. The summed E-state index contributed by atoms with van der Waals surface area (Å²) in [6.07, 6.45) is -6.35. The van der Waals surface area contributed by atoms with Crippen molar-refractivity contribution in [2.24, 2.45) is 5.92 Å². The van der Waals surface area contributed by atoms with Gasteiger partial charge in [-0.3, -0.25) is 4.79 Å². The van der Waals surface area contributed by atoms with Crippen LogP contribution in [-0.2, 0) is 68.2 Å². The van der Waals surface area contributed by atoms with E-state index >= 15 is 0 Å². The van der Waals surface area contributed by atoms with Crippen molar-refractivity contribution in [1.82, 2.24) is 0 Å². The highest BCUT2D eigenvalue weighted by Crippen LogP contribution is 2.59. The van der Waals surface area contributed by atoms with Crippen molar-refractivity contribution in [2.75, 3.05) is 27.4 Å². The van der Waals surface area contributed by atoms with E-state index in [9.17, 15) is 4.79 Å². The second kappa shape index (κ2) is 13.2. The van der Waals surface area contributed by atoms with Crippen molar-refractivity contribution >= 4 is 5.97 Å². The van der Waals surface area contributed by atoms with Crippen LogP contribution >= 0.6 is 0 Å². The first-order valence-electron chi connectivity index (χ1n) is 16.5. The number of benzene rings is 1. The fourth-order valence-electron chi connectivity index (χ4n) is 7.24. The van der Waals surface area contributed by atoms with Gasteiger partial charge in [0.1, 0.15) is 48.3 Å². The zero-order valence-corrected chi connectivity index (χ0v) is 28.8. The SMILES string of the molecule is CCOC(=O)[C@H]1C[C@@]12O[C@@H](O[C@@H]([C@@H]1OC(C)(C)O[C@H]1C(OC)OC)[C@H]1COC(C)(C)O1)[C@H](OCc1ccccc1)[C@H]1OC(C)(C)O[C@H]12. The fraction of sp³-hybridized carbons (Fsp3) is 0.794. The van der Waals surface area contributed by atoms with Crippen LogP contribution in [0.15, 0.2) is 30.3 Å². The van der Waals surface area contributed by atoms with Crippen LogP contribution in [0.4, 0.5) is 0 Å². The summed E-state index contributed by atoms with van der Waals surface area (Å²) >= 11 is 0. The molecule has 4 heterocycles. The molecule has 1 saturated carbocycles. The Morgan fingerprint density at radius 1 is 0.872 bits per heavy atom. The van der Waals surface area contributed by atoms with Crippen LogP contribution in [0.5, 0.6) is 0 Å². The summed E-state index contributed by atoms with van der Waals surface area (Å²) in [5.74, 6) is -3.77. The summed E-state index contributed by atoms with van der Waals surface area (Å²) in [6, 6.07) is 9.80. The largest absolute Gasteiger partial charge is 0.466 e. The third-order valence-electron chi connectivity index (χ3n) is 9.26. The normalized spacial score (nSPS) is 38.9. The standard InChI is InChI=1S/C34H50O13/c1-10-38-28(35)20-16-34(20)27-24(44-33(6,7)46-27)25(39-17-19-14-12-11-13-15-19)30(47-34)41-22(21-18-40-31(2,3)42-21)23-26(29(36-8)37-9)45-32(4,5)43-23/h11-15,20-27,29-30H,10,16-18H2,1-9H3/t20-,21-,22-,23+,24-,25-,26-,27-,30-,34-/m1/s1. The molecular weight excluding hydrogens is 616 g/mol. The van der Waals surface area contributed by atoms with Crippen LogP contribution in [-0.4, -0.2) is 112 Å². The molecule has 13 nitrogen and oxygen atoms in total. The Morgan fingerprint density at radius 3 is 2.19 bits per heavy atom. The van der Waals surface area contributed by atoms with E-state index < -0.39 is 84.2 Å². The number of hydrogen-bond acceptors (Lipinski definition) is 13. The molecule has 1 aromatic rings. The van der Waals surface area contributed by atoms with Gasteiger partial charge in [-0.1, -0.05) is 30.3 Å². The van der Waals surface area contributed by atoms with Gasteiger partial charge < -0.3 is 56.8 Å². The van der Waals surface area contributed by atoms with Gasteiger partial charge >= 0.3 is 5.97 Å². The number of carbonyl (C=O) groups is 1. The molecule has 13 heteroatoms. The molecular formula is C34H50O13. The van der Waals surface area contributed by atoms with Crippen LogP contribution in [0.3, 0.4) is 0 Å². The van der Waals surface area contributed by atoms with Crippen LogP contribution in [0.25, 0.3) is 0 Å². The molecule has 5 aliphatic rings. The Kier molecular flexibility index (Phi) is 9.84. The van der Waals surface area contributed by atoms with E-state index in [-0.39, 0.29) is 25.8 Å². The van der Waals surface area contributed by atoms with Crippen LogP contribution in [0.1, 0.15) is 60.5 Å². The van der Waals surface area contributed by atoms with E-state index in [1.165, 1.54) is 14.2 Å². The Bertz CT molecular complexity index is 1240. The average Bonchev–Trinajstić information content (AvgIpc) is 3.24. The highest BCUT2D eigenvalue weighted by molar-refractivity contribution is 5.78. The topological polar surface area (TPSA) is 128 Å². The second-order valence-corrected chi connectivity index (χ2v) is 14.1. The van der Waals surface area contributed by atoms with E-state index in [4.69, 9.17) is 56.8 Å². The van der Waals surface area contributed by atoms with Gasteiger partial charge in [0, 0.05) is 14.2 Å². The Labute approximate surface area is 276 Å². The van der Waals surface area contributed by atoms with Crippen molar-refractivity contribution in [3.8, 4) is 0 Å². The maximum absolute atomic E-state index is 13.1. The predicted molar refractivity (Wildman–Crippen MR) is 163 cm³/mol. The lowest BCUT2D eigenvalue weighted by Gasteiger charge is -2.45. The lowest BCUT2D eigenvalue weighted by molar-refractivity contribution is -0.329. The summed E-state index contributed by atoms with van der Waals surface area (Å²) in [6.45, 7) is 13.5. The van der Waals surface area contributed by atoms with Crippen molar-refractivity contribution in [3.05, 3.63) is 35.9 Å². The van der Waals surface area contributed by atoms with E-state index in [1.54, 1.807) is 6.92 Å². The monoisotopic (exact) mass is 666 g/mol. The average molecular weight is 667 g/mol. The molecule has 4 aliphatic heterocycles. The summed E-state index contributed by atoms with van der Waals surface area (Å²) in [4.78, 5) is 13.1. The van der Waals surface area contributed by atoms with Crippen LogP contribution in [0, 0.1) is 5.92 Å². The third kappa shape index (κ3) is 7.13. The number of ether oxygens (including phenoxy) is 12. The smallest absolute Gasteiger partial charge is 0.312 e. The molecule has 264 valence electrons. The first-order chi connectivity index (χ1) is 22.2. The molecule has 0 aromatic heterocycles. The molecule has 1 aromatic carbocycles. The van der Waals surface area contributed by atoms with Crippen molar-refractivity contribution < 1.29 is 61.6 Å². The van der Waals surface area contributed by atoms with Gasteiger partial charge in [-0.05, 0) is 60.5 Å². The molecule has 5 fully saturated rings. The molecule has 0 bridgehead atoms. The van der Waals surface area contributed by atoms with E-state index in [1.807, 2.05) is 71.9 Å². The Balaban J connectivity index is 1.37. The quantitative estimate of drug-likeness (QED) is 0.239. The molecule has 1 spiro atoms. The number of esters is 1. The van der Waals surface area contributed by atoms with Crippen molar-refractivity contribution in [2.45, 2.75) is 140 Å². The van der Waals surface area contributed by atoms with Gasteiger partial charge in [0.15, 0.2) is 29.9 Å². The minimum Gasteiger partial charge on any atom is -0.466 e. The maximum Gasteiger partial charge on any atom is 0.312 e. The van der Waals surface area contributed by atoms with Gasteiger partial charge in [-0.2, -0.15) is 0 Å². The third-order valence-corrected chi connectivity index (χ3v) is 9.26. The minimum atomic E-state index is -1.05. The van der Waals surface area contributed by atoms with Gasteiger partial charge in [0.05, 0.1) is 25.7 Å². The van der Waals surface area contributed by atoms with E-state index in [0.29, 0.717) is 6.42 Å². The van der Waals surface area contributed by atoms with Gasteiger partial charge in [-0.25, -0.2) is 0 Å². The maximum atomic E-state index is 13.1. The van der Waals surface area contributed by atoms with Crippen LogP contribution in [0.2, 0.25) is 0 Å². The van der Waals surface area contributed by atoms with Gasteiger partial charge in [-0.15, -0.1) is 0 Å². The Morgan fingerprint density at radius 2 is 1.55 bits per heavy atom. The second-order valence-electron chi connectivity index (χ2n) is 14.1. The summed E-state index contributed by atoms with van der Waals surface area (Å²) < 4.78 is 75.4. The summed E-state index contributed by atoms with van der Waals surface area (Å²) in [5.41, 5.74) is -0.0909. The van der Waals surface area contributed by atoms with Crippen LogP contribution < -0.4 is 0 Å². The van der Waals surface area contributed by atoms with Crippen molar-refractivity contribution in [1.29, 1.82) is 0 Å². The number of carbonyl (C=O) groups excluding carboxylic acids is 1. The summed E-state index contributed by atoms with van der Waals surface area (Å²) in [7, 11) is 3.08. The first-order valence-corrected chi connectivity index (χ1v) is 16.5. The lowest BCUT2D eigenvalue weighted by atomic mass is 9.94. The number of methoxy groups -OCH3 is 2. The number of fused-ring (bicyclic) bond motifs is 2. The first kappa shape index (κ1) is 35.1. The molecule has 1 aliphatic carbocycles. The molecule has 0 radical (unpaired) electrons. The highest BCUT2D eigenvalue weighted by atomic mass is 16.8. The number of hydrogen-bond donors (Lipinski definition) is 0. The molecule has 0 N–H and O–H groups in total. The molecule has 0 unspecified atom stereocenters. The molecule has 6 rings (SSSR count). The highest BCUT2D eigenvalue weighted by Gasteiger charge is 2.75. The zero-order chi connectivity index (χ0) is 33.8. The molecule has 10 atom stereocenters. The lowest BCUT2D eigenvalue weighted by Crippen LogP contribution is -2.62. The molecule has 47 heavy (non-hydrogen) atoms. The Hall–Kier alpha value is -1.75. The summed E-state index contributed by atoms with van der Waals surface area (Å²) in [5, 5.41) is 0. The predicted octanol–water partition coefficient (Wildman–Crippen LogP) is 3.45. The van der Waals surface area contributed by atoms with Gasteiger partial charge in [0.25, 0.3) is 0 Å². The fourth-order valence-corrected chi connectivity index (χ4v) is 7.24. The zero-order valence-electron chi connectivity index (χ0n) is 28.8. The van der Waals surface area contributed by atoms with E-state index in [0.717, 1.165) is 5.56 Å². The number of rotatable bonds is 12.